The van der Waals surface area contributed by atoms with Crippen LogP contribution in [0.1, 0.15) is 38.2 Å². The van der Waals surface area contributed by atoms with Crippen LogP contribution < -0.4 is 10.6 Å². The number of benzene rings is 1. The Balaban J connectivity index is 2.11. The van der Waals surface area contributed by atoms with Crippen LogP contribution in [0.5, 0.6) is 5.75 Å². The van der Waals surface area contributed by atoms with Crippen molar-refractivity contribution in [2.24, 2.45) is 0 Å². The minimum absolute atomic E-state index is 0.0211. The van der Waals surface area contributed by atoms with Crippen molar-refractivity contribution in [3.8, 4) is 5.75 Å². The Kier molecular flexibility index (Phi) is 7.63. The van der Waals surface area contributed by atoms with Gasteiger partial charge in [-0.2, -0.15) is 0 Å². The van der Waals surface area contributed by atoms with Crippen molar-refractivity contribution in [3.05, 3.63) is 29.8 Å². The first kappa shape index (κ1) is 23.4. The normalized spacial score (nSPS) is 16.5. The van der Waals surface area contributed by atoms with Gasteiger partial charge in [0.05, 0.1) is 0 Å². The molecular weight excluding hydrogens is 396 g/mol. The van der Waals surface area contributed by atoms with Gasteiger partial charge < -0.3 is 35.1 Å². The molecule has 1 aromatic rings. The van der Waals surface area contributed by atoms with Gasteiger partial charge in [0, 0.05) is 27.6 Å². The summed E-state index contributed by atoms with van der Waals surface area (Å²) in [4.78, 5) is 37.1. The maximum Gasteiger partial charge on any atom is 0.412 e. The number of amides is 2. The molecule has 30 heavy (non-hydrogen) atoms. The molecule has 1 aromatic carbocycles. The van der Waals surface area contributed by atoms with Crippen molar-refractivity contribution in [1.82, 2.24) is 10.6 Å². The summed E-state index contributed by atoms with van der Waals surface area (Å²) in [5, 5.41) is 24.0. The number of carboxylic acid groups (broad SMARTS) is 1. The van der Waals surface area contributed by atoms with Crippen molar-refractivity contribution in [3.63, 3.8) is 0 Å². The van der Waals surface area contributed by atoms with E-state index in [0.717, 1.165) is 0 Å². The van der Waals surface area contributed by atoms with Gasteiger partial charge in [-0.25, -0.2) is 9.59 Å². The van der Waals surface area contributed by atoms with Gasteiger partial charge in [-0.05, 0) is 30.5 Å². The molecule has 10 heteroatoms. The van der Waals surface area contributed by atoms with Crippen LogP contribution >= 0.6 is 0 Å². The molecule has 1 atom stereocenters. The number of phenolic OH excluding ortho intramolecular Hbond substituents is 1. The molecule has 1 aliphatic carbocycles. The minimum Gasteiger partial charge on any atom is -0.508 e. The highest BCUT2D eigenvalue weighted by molar-refractivity contribution is 5.93. The Hall–Kier alpha value is -2.85. The molecule has 1 saturated carbocycles. The smallest absolute Gasteiger partial charge is 0.412 e. The summed E-state index contributed by atoms with van der Waals surface area (Å²) in [6.45, 7) is 1.39. The number of aliphatic carboxylic acids is 1. The first-order valence-corrected chi connectivity index (χ1v) is 9.56. The number of ether oxygens (including phenoxy) is 3. The number of methoxy groups -OCH3 is 2. The van der Waals surface area contributed by atoms with E-state index >= 15 is 0 Å². The SMILES string of the molecule is COC(C)(OC)OC(=O)NC1(C(=O)NC(Cc2ccc(O)cc2)C(=O)O)CCCC1. The highest BCUT2D eigenvalue weighted by Crippen LogP contribution is 2.31. The average Bonchev–Trinajstić information content (AvgIpc) is 3.18. The first-order valence-electron chi connectivity index (χ1n) is 9.56. The fourth-order valence-corrected chi connectivity index (χ4v) is 3.31. The Morgan fingerprint density at radius 3 is 2.20 bits per heavy atom. The van der Waals surface area contributed by atoms with Gasteiger partial charge in [0.15, 0.2) is 0 Å². The molecular formula is C20H28N2O8. The molecule has 166 valence electrons. The third-order valence-electron chi connectivity index (χ3n) is 5.23. The summed E-state index contributed by atoms with van der Waals surface area (Å²) in [7, 11) is 2.60. The molecule has 1 unspecified atom stereocenters. The number of hydrogen-bond donors (Lipinski definition) is 4. The van der Waals surface area contributed by atoms with Gasteiger partial charge in [0.2, 0.25) is 5.91 Å². The number of nitrogens with one attached hydrogen (secondary N) is 2. The van der Waals surface area contributed by atoms with Gasteiger partial charge >= 0.3 is 18.0 Å². The largest absolute Gasteiger partial charge is 0.508 e. The lowest BCUT2D eigenvalue weighted by Gasteiger charge is -2.32. The van der Waals surface area contributed by atoms with Crippen LogP contribution in [-0.4, -0.2) is 60.0 Å². The van der Waals surface area contributed by atoms with Crippen LogP contribution in [0.4, 0.5) is 4.79 Å². The zero-order valence-corrected chi connectivity index (χ0v) is 17.3. The third-order valence-corrected chi connectivity index (χ3v) is 5.23. The van der Waals surface area contributed by atoms with Gasteiger partial charge in [-0.3, -0.25) is 4.79 Å². The first-order chi connectivity index (χ1) is 14.1. The number of carbonyl (C=O) groups is 3. The Labute approximate surface area is 174 Å². The maximum atomic E-state index is 13.0. The quantitative estimate of drug-likeness (QED) is 0.437. The lowest BCUT2D eigenvalue weighted by atomic mass is 9.95. The zero-order chi connectivity index (χ0) is 22.4. The molecule has 1 fully saturated rings. The molecule has 1 aliphatic rings. The molecule has 10 nitrogen and oxygen atoms in total. The molecule has 0 heterocycles. The van der Waals surface area contributed by atoms with Crippen LogP contribution in [-0.2, 0) is 30.2 Å². The molecule has 0 saturated heterocycles. The van der Waals surface area contributed by atoms with Gasteiger partial charge in [0.25, 0.3) is 0 Å². The van der Waals surface area contributed by atoms with E-state index in [1.807, 2.05) is 0 Å². The second-order valence-electron chi connectivity index (χ2n) is 7.31. The number of phenols is 1. The predicted octanol–water partition coefficient (Wildman–Crippen LogP) is 1.51. The fourth-order valence-electron chi connectivity index (χ4n) is 3.31. The van der Waals surface area contributed by atoms with E-state index in [-0.39, 0.29) is 12.2 Å². The summed E-state index contributed by atoms with van der Waals surface area (Å²) in [5.41, 5.74) is -0.661. The molecule has 2 rings (SSSR count). The molecule has 0 radical (unpaired) electrons. The number of aromatic hydroxyl groups is 1. The number of carboxylic acids is 1. The summed E-state index contributed by atoms with van der Waals surface area (Å²) in [5.74, 6) is -3.37. The number of hydrogen-bond acceptors (Lipinski definition) is 7. The van der Waals surface area contributed by atoms with Gasteiger partial charge in [-0.1, -0.05) is 25.0 Å². The Morgan fingerprint density at radius 2 is 1.70 bits per heavy atom. The highest BCUT2D eigenvalue weighted by Gasteiger charge is 2.45. The van der Waals surface area contributed by atoms with Crippen LogP contribution in [0.2, 0.25) is 0 Å². The molecule has 0 spiro atoms. The molecule has 0 aromatic heterocycles. The van der Waals surface area contributed by atoms with Crippen molar-refractivity contribution in [2.45, 2.75) is 56.6 Å². The van der Waals surface area contributed by atoms with Gasteiger partial charge in [-0.15, -0.1) is 0 Å². The van der Waals surface area contributed by atoms with Crippen LogP contribution in [0, 0.1) is 0 Å². The van der Waals surface area contributed by atoms with E-state index < -0.39 is 35.5 Å². The fraction of sp³-hybridized carbons (Fsp3) is 0.550. The zero-order valence-electron chi connectivity index (χ0n) is 17.3. The average molecular weight is 424 g/mol. The molecule has 2 amide bonds. The van der Waals surface area contributed by atoms with E-state index in [1.165, 1.54) is 33.3 Å². The van der Waals surface area contributed by atoms with E-state index in [0.29, 0.717) is 31.2 Å². The lowest BCUT2D eigenvalue weighted by molar-refractivity contribution is -0.323. The molecule has 0 bridgehead atoms. The molecule has 4 N–H and O–H groups in total. The van der Waals surface area contributed by atoms with Crippen LogP contribution in [0.25, 0.3) is 0 Å². The third kappa shape index (κ3) is 5.83. The Morgan fingerprint density at radius 1 is 1.13 bits per heavy atom. The van der Waals surface area contributed by atoms with E-state index in [4.69, 9.17) is 14.2 Å². The van der Waals surface area contributed by atoms with Crippen LogP contribution in [0.3, 0.4) is 0 Å². The minimum atomic E-state index is -1.62. The topological polar surface area (TPSA) is 143 Å². The van der Waals surface area contributed by atoms with Crippen molar-refractivity contribution in [1.29, 1.82) is 0 Å². The predicted molar refractivity (Wildman–Crippen MR) is 105 cm³/mol. The molecule has 0 aliphatic heterocycles. The maximum absolute atomic E-state index is 13.0. The van der Waals surface area contributed by atoms with E-state index in [1.54, 1.807) is 12.1 Å². The summed E-state index contributed by atoms with van der Waals surface area (Å²) < 4.78 is 15.1. The second kappa shape index (κ2) is 9.77. The number of carbonyl (C=O) groups excluding carboxylic acids is 2. The Bertz CT molecular complexity index is 755. The van der Waals surface area contributed by atoms with Crippen molar-refractivity contribution < 1.29 is 38.8 Å². The van der Waals surface area contributed by atoms with E-state index in [2.05, 4.69) is 10.6 Å². The summed E-state index contributed by atoms with van der Waals surface area (Å²) >= 11 is 0. The second-order valence-corrected chi connectivity index (χ2v) is 7.31. The van der Waals surface area contributed by atoms with Crippen molar-refractivity contribution >= 4 is 18.0 Å². The van der Waals surface area contributed by atoms with Crippen LogP contribution in [0.15, 0.2) is 24.3 Å². The number of alkyl carbamates (subject to hydrolysis) is 1. The standard InChI is InChI=1S/C20H28N2O8/c1-19(28-2,29-3)30-18(27)22-20(10-4-5-11-20)17(26)21-15(16(24)25)12-13-6-8-14(23)9-7-13/h6-9,15,23H,4-5,10-12H2,1-3H3,(H,21,26)(H,22,27)(H,24,25). The summed E-state index contributed by atoms with van der Waals surface area (Å²) in [6, 6.07) is 4.83. The van der Waals surface area contributed by atoms with Crippen molar-refractivity contribution in [2.75, 3.05) is 14.2 Å². The summed E-state index contributed by atoms with van der Waals surface area (Å²) in [6.07, 6.45) is 1.17. The lowest BCUT2D eigenvalue weighted by Crippen LogP contribution is -2.61. The van der Waals surface area contributed by atoms with E-state index in [9.17, 15) is 24.6 Å². The monoisotopic (exact) mass is 424 g/mol. The number of rotatable bonds is 9. The van der Waals surface area contributed by atoms with Gasteiger partial charge in [0.1, 0.15) is 17.3 Å². The highest BCUT2D eigenvalue weighted by atomic mass is 16.9.